The van der Waals surface area contributed by atoms with E-state index >= 15 is 0 Å². The van der Waals surface area contributed by atoms with Gasteiger partial charge in [-0.1, -0.05) is 19.3 Å². The summed E-state index contributed by atoms with van der Waals surface area (Å²) in [6.07, 6.45) is 9.52. The van der Waals surface area contributed by atoms with Crippen LogP contribution in [0.3, 0.4) is 0 Å². The molecule has 0 aromatic carbocycles. The molecule has 1 fully saturated rings. The maximum atomic E-state index is 12.6. The van der Waals surface area contributed by atoms with E-state index in [0.717, 1.165) is 12.8 Å². The zero-order chi connectivity index (χ0) is 14.5. The third-order valence-electron chi connectivity index (χ3n) is 4.06. The third-order valence-corrected chi connectivity index (χ3v) is 4.06. The van der Waals surface area contributed by atoms with E-state index in [1.807, 2.05) is 13.8 Å². The summed E-state index contributed by atoms with van der Waals surface area (Å²) < 4.78 is 1.74. The van der Waals surface area contributed by atoms with Crippen LogP contribution in [-0.4, -0.2) is 28.7 Å². The fourth-order valence-corrected chi connectivity index (χ4v) is 3.01. The molecule has 1 saturated carbocycles. The van der Waals surface area contributed by atoms with Crippen molar-refractivity contribution in [2.75, 3.05) is 18.0 Å². The highest BCUT2D eigenvalue weighted by Gasteiger charge is 2.24. The molecule has 5 nitrogen and oxygen atoms in total. The van der Waals surface area contributed by atoms with Crippen LogP contribution in [0.1, 0.15) is 52.0 Å². The monoisotopic (exact) mass is 278 g/mol. The van der Waals surface area contributed by atoms with Crippen LogP contribution >= 0.6 is 0 Å². The lowest BCUT2D eigenvalue weighted by molar-refractivity contribution is 0.412. The van der Waals surface area contributed by atoms with Gasteiger partial charge < -0.3 is 15.2 Å². The van der Waals surface area contributed by atoms with Crippen LogP contribution in [-0.2, 0) is 0 Å². The van der Waals surface area contributed by atoms with Gasteiger partial charge in [-0.05, 0) is 26.7 Å². The third kappa shape index (κ3) is 3.20. The lowest BCUT2D eigenvalue weighted by atomic mass is 9.94. The van der Waals surface area contributed by atoms with Crippen LogP contribution in [0.15, 0.2) is 17.2 Å². The van der Waals surface area contributed by atoms with Crippen molar-refractivity contribution in [1.29, 1.82) is 0 Å². The zero-order valence-corrected chi connectivity index (χ0v) is 12.6. The molecule has 112 valence electrons. The number of aromatic nitrogens is 2. The lowest BCUT2D eigenvalue weighted by Crippen LogP contribution is -2.44. The summed E-state index contributed by atoms with van der Waals surface area (Å²) >= 11 is 0. The lowest BCUT2D eigenvalue weighted by Gasteiger charge is -2.34. The van der Waals surface area contributed by atoms with E-state index in [1.165, 1.54) is 19.3 Å². The summed E-state index contributed by atoms with van der Waals surface area (Å²) in [5, 5.41) is 0. The zero-order valence-electron chi connectivity index (χ0n) is 12.6. The molecule has 0 atom stereocenters. The van der Waals surface area contributed by atoms with Gasteiger partial charge >= 0.3 is 0 Å². The molecule has 1 aliphatic carbocycles. The molecule has 0 radical (unpaired) electrons. The molecule has 1 aliphatic rings. The minimum Gasteiger partial charge on any atom is -0.348 e. The summed E-state index contributed by atoms with van der Waals surface area (Å²) in [5.74, 6) is 0.568. The van der Waals surface area contributed by atoms with E-state index < -0.39 is 0 Å². The van der Waals surface area contributed by atoms with E-state index in [1.54, 1.807) is 17.0 Å². The van der Waals surface area contributed by atoms with Gasteiger partial charge in [-0.25, -0.2) is 4.98 Å². The Morgan fingerprint density at radius 3 is 2.70 bits per heavy atom. The number of anilines is 1. The highest BCUT2D eigenvalue weighted by atomic mass is 16.1. The first-order valence-electron chi connectivity index (χ1n) is 7.69. The second kappa shape index (κ2) is 6.88. The largest absolute Gasteiger partial charge is 0.348 e. The summed E-state index contributed by atoms with van der Waals surface area (Å²) in [5.41, 5.74) is 5.74. The first-order valence-corrected chi connectivity index (χ1v) is 7.69. The molecule has 2 N–H and O–H groups in total. The van der Waals surface area contributed by atoms with Gasteiger partial charge in [-0.3, -0.25) is 4.79 Å². The van der Waals surface area contributed by atoms with Crippen molar-refractivity contribution in [3.05, 3.63) is 22.7 Å². The van der Waals surface area contributed by atoms with Gasteiger partial charge in [0.05, 0.1) is 0 Å². The SMILES string of the molecule is CC(C)n1ccnc(N(CCN)C2CCCCC2)c1=O. The average molecular weight is 278 g/mol. The molecule has 20 heavy (non-hydrogen) atoms. The number of hydrogen-bond acceptors (Lipinski definition) is 4. The van der Waals surface area contributed by atoms with Crippen molar-refractivity contribution in [3.8, 4) is 0 Å². The van der Waals surface area contributed by atoms with Gasteiger partial charge in [0.25, 0.3) is 5.56 Å². The van der Waals surface area contributed by atoms with Crippen molar-refractivity contribution in [2.24, 2.45) is 5.73 Å². The molecule has 1 aromatic heterocycles. The maximum Gasteiger partial charge on any atom is 0.293 e. The van der Waals surface area contributed by atoms with E-state index in [0.29, 0.717) is 24.9 Å². The number of hydrogen-bond donors (Lipinski definition) is 1. The second-order valence-electron chi connectivity index (χ2n) is 5.83. The van der Waals surface area contributed by atoms with Crippen LogP contribution in [0.25, 0.3) is 0 Å². The Bertz CT molecular complexity index is 477. The van der Waals surface area contributed by atoms with E-state index in [9.17, 15) is 4.79 Å². The summed E-state index contributed by atoms with van der Waals surface area (Å²) in [7, 11) is 0. The molecule has 0 aliphatic heterocycles. The number of nitrogens with zero attached hydrogens (tertiary/aromatic N) is 3. The van der Waals surface area contributed by atoms with Crippen LogP contribution in [0, 0.1) is 0 Å². The highest BCUT2D eigenvalue weighted by molar-refractivity contribution is 5.37. The standard InChI is InChI=1S/C15H26N4O/c1-12(2)18-11-9-17-14(15(18)20)19(10-8-16)13-6-4-3-5-7-13/h9,11-13H,3-8,10,16H2,1-2H3. The Kier molecular flexibility index (Phi) is 5.17. The number of nitrogens with two attached hydrogens (primary N) is 1. The van der Waals surface area contributed by atoms with Crippen molar-refractivity contribution in [1.82, 2.24) is 9.55 Å². The normalized spacial score (nSPS) is 16.6. The minimum atomic E-state index is 0.00141. The Balaban J connectivity index is 2.33. The molecule has 0 amide bonds. The van der Waals surface area contributed by atoms with Crippen LogP contribution < -0.4 is 16.2 Å². The van der Waals surface area contributed by atoms with Crippen LogP contribution in [0.5, 0.6) is 0 Å². The van der Waals surface area contributed by atoms with Crippen LogP contribution in [0.4, 0.5) is 5.82 Å². The van der Waals surface area contributed by atoms with Crippen molar-refractivity contribution in [2.45, 2.75) is 58.0 Å². The topological polar surface area (TPSA) is 64.2 Å². The molecule has 0 unspecified atom stereocenters. The fraction of sp³-hybridized carbons (Fsp3) is 0.733. The van der Waals surface area contributed by atoms with Gasteiger partial charge in [0.15, 0.2) is 5.82 Å². The molecule has 5 heteroatoms. The van der Waals surface area contributed by atoms with E-state index in [-0.39, 0.29) is 11.6 Å². The Morgan fingerprint density at radius 1 is 1.40 bits per heavy atom. The van der Waals surface area contributed by atoms with Crippen molar-refractivity contribution < 1.29 is 0 Å². The fourth-order valence-electron chi connectivity index (χ4n) is 3.01. The molecule has 0 saturated heterocycles. The Morgan fingerprint density at radius 2 is 2.10 bits per heavy atom. The maximum absolute atomic E-state index is 12.6. The summed E-state index contributed by atoms with van der Waals surface area (Å²) in [6.45, 7) is 5.28. The quantitative estimate of drug-likeness (QED) is 0.893. The number of rotatable bonds is 5. The Hall–Kier alpha value is -1.36. The molecule has 2 rings (SSSR count). The predicted octanol–water partition coefficient (Wildman–Crippen LogP) is 1.92. The summed E-state index contributed by atoms with van der Waals surface area (Å²) in [6, 6.07) is 0.561. The van der Waals surface area contributed by atoms with Crippen LogP contribution in [0.2, 0.25) is 0 Å². The highest BCUT2D eigenvalue weighted by Crippen LogP contribution is 2.24. The molecule has 0 spiro atoms. The smallest absolute Gasteiger partial charge is 0.293 e. The van der Waals surface area contributed by atoms with Gasteiger partial charge in [-0.2, -0.15) is 0 Å². The minimum absolute atomic E-state index is 0.00141. The Labute approximate surface area is 120 Å². The van der Waals surface area contributed by atoms with Crippen molar-refractivity contribution >= 4 is 5.82 Å². The molecule has 0 bridgehead atoms. The van der Waals surface area contributed by atoms with Gasteiger partial charge in [-0.15, -0.1) is 0 Å². The second-order valence-corrected chi connectivity index (χ2v) is 5.83. The van der Waals surface area contributed by atoms with Gasteiger partial charge in [0.2, 0.25) is 0 Å². The van der Waals surface area contributed by atoms with E-state index in [2.05, 4.69) is 9.88 Å². The molecular formula is C15H26N4O. The molecular weight excluding hydrogens is 252 g/mol. The van der Waals surface area contributed by atoms with Gasteiger partial charge in [0, 0.05) is 37.6 Å². The molecule has 1 heterocycles. The average Bonchev–Trinajstić information content (AvgIpc) is 2.46. The van der Waals surface area contributed by atoms with Gasteiger partial charge in [0.1, 0.15) is 0 Å². The van der Waals surface area contributed by atoms with E-state index in [4.69, 9.17) is 5.73 Å². The summed E-state index contributed by atoms with van der Waals surface area (Å²) in [4.78, 5) is 19.1. The first-order chi connectivity index (χ1) is 9.65. The first kappa shape index (κ1) is 15.0. The molecule has 1 aromatic rings. The predicted molar refractivity (Wildman–Crippen MR) is 82.2 cm³/mol. The van der Waals surface area contributed by atoms with Crippen molar-refractivity contribution in [3.63, 3.8) is 0 Å².